The summed E-state index contributed by atoms with van der Waals surface area (Å²) in [7, 11) is 0. The molecule has 0 fully saturated rings. The summed E-state index contributed by atoms with van der Waals surface area (Å²) in [5, 5.41) is 6.93. The van der Waals surface area contributed by atoms with Crippen molar-refractivity contribution in [2.45, 2.75) is 19.0 Å². The molecule has 11 nitrogen and oxygen atoms in total. The first-order valence-corrected chi connectivity index (χ1v) is 10.5. The summed E-state index contributed by atoms with van der Waals surface area (Å²) in [5.41, 5.74) is 5.80. The number of hydrogen-bond donors (Lipinski definition) is 4. The smallest absolute Gasteiger partial charge is 0.321 e. The van der Waals surface area contributed by atoms with Gasteiger partial charge in [0.05, 0.1) is 25.3 Å². The van der Waals surface area contributed by atoms with Crippen LogP contribution in [-0.4, -0.2) is 30.5 Å². The fourth-order valence-corrected chi connectivity index (χ4v) is 3.00. The number of rotatable bonds is 10. The van der Waals surface area contributed by atoms with Gasteiger partial charge in [0.25, 0.3) is 5.91 Å². The number of primary amides is 1. The highest BCUT2D eigenvalue weighted by molar-refractivity contribution is 5.95. The van der Waals surface area contributed by atoms with E-state index in [-0.39, 0.29) is 13.0 Å². The van der Waals surface area contributed by atoms with Crippen molar-refractivity contribution in [1.82, 2.24) is 16.0 Å². The lowest BCUT2D eigenvalue weighted by Gasteiger charge is -2.18. The van der Waals surface area contributed by atoms with Gasteiger partial charge in [-0.25, -0.2) is 9.59 Å². The van der Waals surface area contributed by atoms with Gasteiger partial charge in [-0.1, -0.05) is 30.3 Å². The predicted octanol–water partition coefficient (Wildman–Crippen LogP) is 2.74. The van der Waals surface area contributed by atoms with Crippen LogP contribution in [0.25, 0.3) is 0 Å². The molecule has 0 bridgehead atoms. The number of imide groups is 1. The number of urea groups is 2. The molecule has 5 amide bonds. The Balaban J connectivity index is 1.52. The molecule has 5 N–H and O–H groups in total. The van der Waals surface area contributed by atoms with E-state index in [0.717, 1.165) is 0 Å². The third-order valence-electron chi connectivity index (χ3n) is 4.55. The first-order valence-electron chi connectivity index (χ1n) is 10.5. The van der Waals surface area contributed by atoms with Gasteiger partial charge in [0.2, 0.25) is 0 Å². The summed E-state index contributed by atoms with van der Waals surface area (Å²) in [4.78, 5) is 47.4. The number of hydrogen-bond acceptors (Lipinski definition) is 7. The summed E-state index contributed by atoms with van der Waals surface area (Å²) in [6.07, 6.45) is 1.14. The Morgan fingerprint density at radius 1 is 0.943 bits per heavy atom. The lowest BCUT2D eigenvalue weighted by atomic mass is 10.0. The van der Waals surface area contributed by atoms with Crippen molar-refractivity contribution in [2.75, 3.05) is 6.61 Å². The monoisotopic (exact) mass is 480 g/mol. The van der Waals surface area contributed by atoms with Crippen molar-refractivity contribution < 1.29 is 33.1 Å². The minimum atomic E-state index is -0.844. The molecule has 2 aromatic carbocycles. The van der Waals surface area contributed by atoms with Gasteiger partial charge < -0.3 is 30.3 Å². The van der Waals surface area contributed by atoms with E-state index in [0.29, 0.717) is 22.8 Å². The Morgan fingerprint density at radius 2 is 1.71 bits per heavy atom. The molecule has 0 aliphatic rings. The number of carbonyl (C=O) groups excluding carboxylic acids is 4. The molecule has 0 saturated carbocycles. The Hall–Kier alpha value is -4.80. The Bertz CT molecular complexity index is 1150. The van der Waals surface area contributed by atoms with Gasteiger partial charge in [0, 0.05) is 0 Å². The number of para-hydroxylation sites is 1. The average Bonchev–Trinajstić information content (AvgIpc) is 3.35. The van der Waals surface area contributed by atoms with E-state index in [1.54, 1.807) is 48.5 Å². The first-order chi connectivity index (χ1) is 16.9. The zero-order valence-electron chi connectivity index (χ0n) is 18.6. The molecule has 1 aromatic heterocycles. The zero-order valence-corrected chi connectivity index (χ0v) is 18.6. The van der Waals surface area contributed by atoms with Gasteiger partial charge in [0.15, 0.2) is 6.61 Å². The van der Waals surface area contributed by atoms with Crippen molar-refractivity contribution in [2.24, 2.45) is 5.73 Å². The second-order valence-electron chi connectivity index (χ2n) is 7.22. The van der Waals surface area contributed by atoms with E-state index >= 15 is 0 Å². The van der Waals surface area contributed by atoms with Crippen LogP contribution in [0.4, 0.5) is 9.59 Å². The van der Waals surface area contributed by atoms with Crippen LogP contribution in [0.3, 0.4) is 0 Å². The lowest BCUT2D eigenvalue weighted by Crippen LogP contribution is -2.41. The number of ether oxygens (including phenoxy) is 2. The molecule has 1 heterocycles. The summed E-state index contributed by atoms with van der Waals surface area (Å²) in [6.45, 7) is -0.604. The predicted molar refractivity (Wildman–Crippen MR) is 123 cm³/mol. The van der Waals surface area contributed by atoms with Crippen molar-refractivity contribution >= 4 is 23.9 Å². The summed E-state index contributed by atoms with van der Waals surface area (Å²) >= 11 is 0. The second kappa shape index (κ2) is 12.4. The SMILES string of the molecule is NC(=O)NC(CC(=O)OCC(=O)NC(=O)NCc1ccco1)c1cccc(Oc2ccccc2)c1. The number of furan rings is 1. The standard InChI is InChI=1S/C24H24N4O7/c25-23(31)27-20(16-6-4-9-18(12-16)35-17-7-2-1-3-8-17)13-22(30)34-15-21(29)28-24(32)26-14-19-10-5-11-33-19/h1-12,20H,13-15H2,(H3,25,27,31)(H2,26,28,29,32). The minimum Gasteiger partial charge on any atom is -0.467 e. The van der Waals surface area contributed by atoms with Crippen LogP contribution >= 0.6 is 0 Å². The van der Waals surface area contributed by atoms with E-state index in [2.05, 4.69) is 10.6 Å². The highest BCUT2D eigenvalue weighted by Gasteiger charge is 2.20. The van der Waals surface area contributed by atoms with E-state index in [9.17, 15) is 19.2 Å². The van der Waals surface area contributed by atoms with Gasteiger partial charge in [0.1, 0.15) is 17.3 Å². The molecule has 11 heteroatoms. The van der Waals surface area contributed by atoms with Crippen molar-refractivity contribution in [1.29, 1.82) is 0 Å². The number of nitrogens with one attached hydrogen (secondary N) is 3. The van der Waals surface area contributed by atoms with Gasteiger partial charge >= 0.3 is 18.0 Å². The number of benzene rings is 2. The second-order valence-corrected chi connectivity index (χ2v) is 7.22. The van der Waals surface area contributed by atoms with Crippen LogP contribution in [-0.2, 0) is 20.9 Å². The van der Waals surface area contributed by atoms with E-state index in [1.807, 2.05) is 23.5 Å². The molecule has 0 saturated heterocycles. The fraction of sp³-hybridized carbons (Fsp3) is 0.167. The van der Waals surface area contributed by atoms with Crippen molar-refractivity contribution in [3.05, 3.63) is 84.3 Å². The summed E-state index contributed by atoms with van der Waals surface area (Å²) in [6, 6.07) is 16.7. The van der Waals surface area contributed by atoms with Gasteiger partial charge in [-0.15, -0.1) is 0 Å². The number of esters is 1. The Morgan fingerprint density at radius 3 is 2.43 bits per heavy atom. The molecule has 3 rings (SSSR count). The first kappa shape index (κ1) is 24.8. The van der Waals surface area contributed by atoms with Crippen LogP contribution in [0.2, 0.25) is 0 Å². The van der Waals surface area contributed by atoms with Gasteiger partial charge in [-0.05, 0) is 42.0 Å². The van der Waals surface area contributed by atoms with Crippen LogP contribution < -0.4 is 26.4 Å². The Kier molecular flexibility index (Phi) is 8.83. The molecule has 1 atom stereocenters. The van der Waals surface area contributed by atoms with Gasteiger partial charge in [-0.2, -0.15) is 0 Å². The fourth-order valence-electron chi connectivity index (χ4n) is 3.00. The molecule has 182 valence electrons. The molecular formula is C24H24N4O7. The normalized spacial score (nSPS) is 11.1. The maximum Gasteiger partial charge on any atom is 0.321 e. The summed E-state index contributed by atoms with van der Waals surface area (Å²) < 4.78 is 15.8. The zero-order chi connectivity index (χ0) is 25.0. The molecule has 1 unspecified atom stereocenters. The van der Waals surface area contributed by atoms with Gasteiger partial charge in [-0.3, -0.25) is 14.9 Å². The van der Waals surface area contributed by atoms with Crippen LogP contribution in [0, 0.1) is 0 Å². The molecule has 0 aliphatic carbocycles. The molecule has 0 spiro atoms. The maximum atomic E-state index is 12.3. The molecule has 3 aromatic rings. The third-order valence-corrected chi connectivity index (χ3v) is 4.55. The average molecular weight is 480 g/mol. The lowest BCUT2D eigenvalue weighted by molar-refractivity contribution is -0.148. The molecule has 35 heavy (non-hydrogen) atoms. The molecular weight excluding hydrogens is 456 g/mol. The number of amides is 5. The summed E-state index contributed by atoms with van der Waals surface area (Å²) in [5.74, 6) is -0.0107. The largest absolute Gasteiger partial charge is 0.467 e. The number of nitrogens with two attached hydrogens (primary N) is 1. The quantitative estimate of drug-likeness (QED) is 0.324. The Labute approximate surface area is 200 Å². The van der Waals surface area contributed by atoms with E-state index in [1.165, 1.54) is 6.26 Å². The number of carbonyl (C=O) groups is 4. The molecule has 0 aliphatic heterocycles. The third kappa shape index (κ3) is 8.57. The van der Waals surface area contributed by atoms with Crippen LogP contribution in [0.15, 0.2) is 77.4 Å². The minimum absolute atomic E-state index is 0.0828. The topological polar surface area (TPSA) is 162 Å². The van der Waals surface area contributed by atoms with E-state index < -0.39 is 36.6 Å². The van der Waals surface area contributed by atoms with Crippen molar-refractivity contribution in [3.8, 4) is 11.5 Å². The van der Waals surface area contributed by atoms with E-state index in [4.69, 9.17) is 19.6 Å². The van der Waals surface area contributed by atoms with Crippen LogP contribution in [0.5, 0.6) is 11.5 Å². The van der Waals surface area contributed by atoms with Crippen LogP contribution in [0.1, 0.15) is 23.8 Å². The maximum absolute atomic E-state index is 12.3. The highest BCUT2D eigenvalue weighted by Crippen LogP contribution is 2.26. The highest BCUT2D eigenvalue weighted by atomic mass is 16.5. The van der Waals surface area contributed by atoms with Crippen molar-refractivity contribution in [3.63, 3.8) is 0 Å². The molecule has 0 radical (unpaired) electrons.